The van der Waals surface area contributed by atoms with Gasteiger partial charge in [0, 0.05) is 23.2 Å². The van der Waals surface area contributed by atoms with E-state index in [0.717, 1.165) is 25.0 Å². The fourth-order valence-electron chi connectivity index (χ4n) is 2.10. The molecule has 5 nitrogen and oxygen atoms in total. The lowest BCUT2D eigenvalue weighted by Gasteiger charge is -2.11. The molecule has 0 bridgehead atoms. The molecule has 1 aliphatic heterocycles. The van der Waals surface area contributed by atoms with Crippen molar-refractivity contribution >= 4 is 17.6 Å². The van der Waals surface area contributed by atoms with Crippen LogP contribution in [0.25, 0.3) is 0 Å². The summed E-state index contributed by atoms with van der Waals surface area (Å²) in [6.07, 6.45) is 5.63. The van der Waals surface area contributed by atoms with Crippen molar-refractivity contribution in [3.05, 3.63) is 11.6 Å². The van der Waals surface area contributed by atoms with Crippen LogP contribution in [0.15, 0.2) is 16.6 Å². The summed E-state index contributed by atoms with van der Waals surface area (Å²) in [5.74, 6) is -0.801. The number of hydrogen-bond acceptors (Lipinski definition) is 3. The highest BCUT2D eigenvalue weighted by Crippen LogP contribution is 2.33. The summed E-state index contributed by atoms with van der Waals surface area (Å²) in [5, 5.41) is 11.3. The standard InChI is InChI=1S/C14H20N2O3/c1-8-3-4-11(7-12(15-8)10-5-6-10)13(17)16-9(2)14(18)19/h7-10H,3-6H2,1-2H3,(H,16,17)(H,18,19). The molecule has 0 saturated heterocycles. The Labute approximate surface area is 112 Å². The summed E-state index contributed by atoms with van der Waals surface area (Å²) in [6.45, 7) is 3.52. The SMILES string of the molecule is CC1CCC(C(=O)NC(C)C(=O)O)=CC(C2CC2)=N1. The third-order valence-electron chi connectivity index (χ3n) is 3.53. The van der Waals surface area contributed by atoms with E-state index in [1.54, 1.807) is 0 Å². The summed E-state index contributed by atoms with van der Waals surface area (Å²) in [7, 11) is 0. The van der Waals surface area contributed by atoms with Crippen molar-refractivity contribution in [1.29, 1.82) is 0 Å². The van der Waals surface area contributed by atoms with E-state index < -0.39 is 12.0 Å². The average molecular weight is 264 g/mol. The third-order valence-corrected chi connectivity index (χ3v) is 3.53. The van der Waals surface area contributed by atoms with E-state index in [0.29, 0.717) is 17.9 Å². The van der Waals surface area contributed by atoms with Gasteiger partial charge in [-0.05, 0) is 45.6 Å². The van der Waals surface area contributed by atoms with Gasteiger partial charge in [0.25, 0.3) is 0 Å². The van der Waals surface area contributed by atoms with Crippen molar-refractivity contribution in [2.24, 2.45) is 10.9 Å². The second-order valence-electron chi connectivity index (χ2n) is 5.42. The first-order valence-corrected chi connectivity index (χ1v) is 6.79. The number of nitrogens with one attached hydrogen (secondary N) is 1. The molecule has 2 aliphatic rings. The van der Waals surface area contributed by atoms with Crippen molar-refractivity contribution in [1.82, 2.24) is 5.32 Å². The number of aliphatic imine (C=N–C) groups is 1. The van der Waals surface area contributed by atoms with Crippen molar-refractivity contribution in [3.8, 4) is 0 Å². The maximum atomic E-state index is 12.1. The monoisotopic (exact) mass is 264 g/mol. The van der Waals surface area contributed by atoms with E-state index in [-0.39, 0.29) is 11.9 Å². The van der Waals surface area contributed by atoms with Gasteiger partial charge in [0.1, 0.15) is 6.04 Å². The molecule has 2 rings (SSSR count). The van der Waals surface area contributed by atoms with Crippen molar-refractivity contribution in [2.45, 2.75) is 51.6 Å². The summed E-state index contributed by atoms with van der Waals surface area (Å²) >= 11 is 0. The molecule has 0 spiro atoms. The Morgan fingerprint density at radius 2 is 2.11 bits per heavy atom. The van der Waals surface area contributed by atoms with E-state index in [1.807, 2.05) is 6.08 Å². The van der Waals surface area contributed by atoms with Crippen molar-refractivity contribution < 1.29 is 14.7 Å². The van der Waals surface area contributed by atoms with Crippen LogP contribution in [0.1, 0.15) is 39.5 Å². The number of carboxylic acid groups (broad SMARTS) is 1. The van der Waals surface area contributed by atoms with Crippen LogP contribution in [0.2, 0.25) is 0 Å². The second-order valence-corrected chi connectivity index (χ2v) is 5.42. The molecule has 1 saturated carbocycles. The van der Waals surface area contributed by atoms with Gasteiger partial charge >= 0.3 is 5.97 Å². The highest BCUT2D eigenvalue weighted by molar-refractivity contribution is 6.06. The lowest BCUT2D eigenvalue weighted by atomic mass is 10.1. The smallest absolute Gasteiger partial charge is 0.325 e. The van der Waals surface area contributed by atoms with Gasteiger partial charge in [0.15, 0.2) is 0 Å². The van der Waals surface area contributed by atoms with Crippen molar-refractivity contribution in [3.63, 3.8) is 0 Å². The molecule has 0 aromatic rings. The first-order chi connectivity index (χ1) is 8.97. The van der Waals surface area contributed by atoms with Crippen LogP contribution in [0.4, 0.5) is 0 Å². The molecule has 2 N–H and O–H groups in total. The second kappa shape index (κ2) is 5.55. The molecule has 104 valence electrons. The zero-order chi connectivity index (χ0) is 14.0. The van der Waals surface area contributed by atoms with Gasteiger partial charge in [-0.1, -0.05) is 0 Å². The normalized spacial score (nSPS) is 24.8. The Morgan fingerprint density at radius 3 is 2.68 bits per heavy atom. The number of carbonyl (C=O) groups is 2. The lowest BCUT2D eigenvalue weighted by molar-refractivity contribution is -0.140. The van der Waals surface area contributed by atoms with E-state index >= 15 is 0 Å². The fourth-order valence-corrected chi connectivity index (χ4v) is 2.10. The molecule has 2 unspecified atom stereocenters. The molecular weight excluding hydrogens is 244 g/mol. The topological polar surface area (TPSA) is 78.8 Å². The van der Waals surface area contributed by atoms with Crippen LogP contribution < -0.4 is 5.32 Å². The zero-order valence-corrected chi connectivity index (χ0v) is 11.3. The van der Waals surface area contributed by atoms with Gasteiger partial charge in [0.05, 0.1) is 0 Å². The number of carboxylic acids is 1. The van der Waals surface area contributed by atoms with Gasteiger partial charge in [0.2, 0.25) is 5.91 Å². The van der Waals surface area contributed by atoms with Crippen LogP contribution in [0.5, 0.6) is 0 Å². The number of amides is 1. The van der Waals surface area contributed by atoms with Gasteiger partial charge in [-0.15, -0.1) is 0 Å². The Morgan fingerprint density at radius 1 is 1.42 bits per heavy atom. The predicted octanol–water partition coefficient (Wildman–Crippen LogP) is 1.54. The summed E-state index contributed by atoms with van der Waals surface area (Å²) in [5.41, 5.74) is 1.67. The van der Waals surface area contributed by atoms with Gasteiger partial charge in [-0.3, -0.25) is 14.6 Å². The number of carbonyl (C=O) groups excluding carboxylic acids is 1. The summed E-state index contributed by atoms with van der Waals surface area (Å²) in [6, 6.07) is -0.635. The number of rotatable bonds is 4. The number of aliphatic carboxylic acids is 1. The highest BCUT2D eigenvalue weighted by Gasteiger charge is 2.29. The Balaban J connectivity index is 2.08. The van der Waals surface area contributed by atoms with Crippen LogP contribution in [0.3, 0.4) is 0 Å². The maximum Gasteiger partial charge on any atom is 0.325 e. The molecule has 0 radical (unpaired) electrons. The van der Waals surface area contributed by atoms with E-state index in [4.69, 9.17) is 5.11 Å². The fraction of sp³-hybridized carbons (Fsp3) is 0.643. The Hall–Kier alpha value is -1.65. The zero-order valence-electron chi connectivity index (χ0n) is 11.3. The average Bonchev–Trinajstić information content (AvgIpc) is 3.14. The van der Waals surface area contributed by atoms with Crippen LogP contribution in [0, 0.1) is 5.92 Å². The van der Waals surface area contributed by atoms with E-state index in [9.17, 15) is 9.59 Å². The molecular formula is C14H20N2O3. The van der Waals surface area contributed by atoms with Crippen LogP contribution in [-0.4, -0.2) is 34.8 Å². The highest BCUT2D eigenvalue weighted by atomic mass is 16.4. The number of allylic oxidation sites excluding steroid dienone is 1. The first kappa shape index (κ1) is 13.8. The molecule has 1 amide bonds. The molecule has 0 aromatic heterocycles. The van der Waals surface area contributed by atoms with E-state index in [2.05, 4.69) is 17.2 Å². The number of nitrogens with zero attached hydrogens (tertiary/aromatic N) is 1. The summed E-state index contributed by atoms with van der Waals surface area (Å²) in [4.78, 5) is 27.5. The molecule has 0 aromatic carbocycles. The molecule has 1 heterocycles. The molecule has 1 fully saturated rings. The van der Waals surface area contributed by atoms with Crippen molar-refractivity contribution in [2.75, 3.05) is 0 Å². The van der Waals surface area contributed by atoms with Crippen LogP contribution >= 0.6 is 0 Å². The predicted molar refractivity (Wildman–Crippen MR) is 72.2 cm³/mol. The lowest BCUT2D eigenvalue weighted by Crippen LogP contribution is -2.39. The largest absolute Gasteiger partial charge is 0.480 e. The van der Waals surface area contributed by atoms with Gasteiger partial charge in [-0.25, -0.2) is 0 Å². The number of hydrogen-bond donors (Lipinski definition) is 2. The molecule has 5 heteroatoms. The van der Waals surface area contributed by atoms with E-state index in [1.165, 1.54) is 6.92 Å². The minimum atomic E-state index is -1.02. The summed E-state index contributed by atoms with van der Waals surface area (Å²) < 4.78 is 0. The minimum absolute atomic E-state index is 0.231. The van der Waals surface area contributed by atoms with Gasteiger partial charge in [-0.2, -0.15) is 0 Å². The first-order valence-electron chi connectivity index (χ1n) is 6.79. The quantitative estimate of drug-likeness (QED) is 0.808. The molecule has 19 heavy (non-hydrogen) atoms. The third kappa shape index (κ3) is 3.66. The Bertz CT molecular complexity index is 450. The minimum Gasteiger partial charge on any atom is -0.480 e. The molecule has 1 aliphatic carbocycles. The van der Waals surface area contributed by atoms with Gasteiger partial charge < -0.3 is 10.4 Å². The maximum absolute atomic E-state index is 12.1. The molecule has 2 atom stereocenters. The van der Waals surface area contributed by atoms with Crippen LogP contribution in [-0.2, 0) is 9.59 Å². The Kier molecular flexibility index (Phi) is 4.02.